The zero-order chi connectivity index (χ0) is 27.9. The van der Waals surface area contributed by atoms with Gasteiger partial charge in [-0.25, -0.2) is 0 Å². The number of halogens is 1. The number of amides is 3. The number of aromatic nitrogens is 1. The third kappa shape index (κ3) is 5.44. The van der Waals surface area contributed by atoms with Crippen molar-refractivity contribution in [3.8, 4) is 11.8 Å². The molecule has 3 atom stereocenters. The lowest BCUT2D eigenvalue weighted by Crippen LogP contribution is -2.49. The lowest BCUT2D eigenvalue weighted by atomic mass is 9.72. The first-order valence-corrected chi connectivity index (χ1v) is 14.1. The van der Waals surface area contributed by atoms with Gasteiger partial charge in [-0.3, -0.25) is 14.4 Å². The van der Waals surface area contributed by atoms with Crippen molar-refractivity contribution in [2.24, 2.45) is 11.3 Å². The van der Waals surface area contributed by atoms with Crippen molar-refractivity contribution in [1.29, 1.82) is 5.26 Å². The first-order chi connectivity index (χ1) is 18.5. The van der Waals surface area contributed by atoms with Crippen LogP contribution in [0.15, 0.2) is 18.2 Å². The van der Waals surface area contributed by atoms with Crippen LogP contribution in [0.2, 0.25) is 5.02 Å². The highest BCUT2D eigenvalue weighted by Crippen LogP contribution is 2.47. The maximum atomic E-state index is 13.9. The van der Waals surface area contributed by atoms with Gasteiger partial charge >= 0.3 is 0 Å². The minimum absolute atomic E-state index is 0.0947. The van der Waals surface area contributed by atoms with Crippen molar-refractivity contribution in [3.05, 3.63) is 28.9 Å². The summed E-state index contributed by atoms with van der Waals surface area (Å²) in [7, 11) is 1.55. The highest BCUT2D eigenvalue weighted by molar-refractivity contribution is 6.31. The van der Waals surface area contributed by atoms with Crippen molar-refractivity contribution in [2.75, 3.05) is 13.7 Å². The average Bonchev–Trinajstić information content (AvgIpc) is 3.56. The number of rotatable bonds is 6. The van der Waals surface area contributed by atoms with Crippen LogP contribution in [0.3, 0.4) is 0 Å². The van der Waals surface area contributed by atoms with Gasteiger partial charge in [0.1, 0.15) is 23.5 Å². The Morgan fingerprint density at radius 3 is 2.62 bits per heavy atom. The summed E-state index contributed by atoms with van der Waals surface area (Å²) >= 11 is 6.23. The number of hydrogen-bond acceptors (Lipinski definition) is 5. The first-order valence-electron chi connectivity index (χ1n) is 13.7. The first kappa shape index (κ1) is 27.3. The van der Waals surface area contributed by atoms with Crippen LogP contribution in [0.25, 0.3) is 10.9 Å². The molecule has 0 radical (unpaired) electrons. The Labute approximate surface area is 233 Å². The number of nitrogens with zero attached hydrogens (tertiary/aromatic N) is 2. The maximum absolute atomic E-state index is 13.9. The number of ether oxygens (including phenoxy) is 1. The van der Waals surface area contributed by atoms with Crippen molar-refractivity contribution < 1.29 is 19.1 Å². The second-order valence-electron chi connectivity index (χ2n) is 12.2. The minimum Gasteiger partial charge on any atom is -0.496 e. The molecule has 1 aromatic heterocycles. The van der Waals surface area contributed by atoms with Gasteiger partial charge in [0, 0.05) is 28.4 Å². The van der Waals surface area contributed by atoms with Gasteiger partial charge in [-0.05, 0) is 69.6 Å². The molecule has 2 aliphatic heterocycles. The number of benzene rings is 1. The van der Waals surface area contributed by atoms with Gasteiger partial charge in [-0.1, -0.05) is 30.9 Å². The SMILES string of the molecule is COc1cc(Cl)cc2[nH]c(C(=O)N3CC4(CCCCC4)CC3C(=O)N[C@H](C#N)C[C@@H]3CC(C)(C)NC3=O)cc12. The van der Waals surface area contributed by atoms with E-state index in [-0.39, 0.29) is 41.0 Å². The standard InChI is InChI=1S/C29H36ClN5O4/c1-28(2)13-17(25(36)34-28)9-19(15-31)32-26(37)23-14-29(7-5-4-6-8-29)16-35(23)27(38)22-12-20-21(33-22)10-18(30)11-24(20)39-3/h10-12,17,19,23,33H,4-9,13-14,16H2,1-3H3,(H,32,37)(H,34,36)/t17-,19+,23?/m1/s1. The Kier molecular flexibility index (Phi) is 7.27. The lowest BCUT2D eigenvalue weighted by molar-refractivity contribution is -0.126. The Hall–Kier alpha value is -3.25. The molecule has 39 heavy (non-hydrogen) atoms. The minimum atomic E-state index is -0.818. The summed E-state index contributed by atoms with van der Waals surface area (Å²) in [4.78, 5) is 44.8. The van der Waals surface area contributed by atoms with Gasteiger partial charge in [0.25, 0.3) is 5.91 Å². The Balaban J connectivity index is 1.39. The summed E-state index contributed by atoms with van der Waals surface area (Å²) in [6.45, 7) is 4.39. The number of carbonyl (C=O) groups is 3. The highest BCUT2D eigenvalue weighted by Gasteiger charge is 2.49. The van der Waals surface area contributed by atoms with E-state index >= 15 is 0 Å². The highest BCUT2D eigenvalue weighted by atomic mass is 35.5. The zero-order valence-electron chi connectivity index (χ0n) is 22.7. The topological polar surface area (TPSA) is 127 Å². The van der Waals surface area contributed by atoms with Gasteiger partial charge in [0.2, 0.25) is 11.8 Å². The molecule has 3 N–H and O–H groups in total. The Morgan fingerprint density at radius 2 is 1.97 bits per heavy atom. The number of likely N-dealkylation sites (tertiary alicyclic amines) is 1. The van der Waals surface area contributed by atoms with Gasteiger partial charge in [-0.15, -0.1) is 0 Å². The van der Waals surface area contributed by atoms with E-state index in [1.54, 1.807) is 30.2 Å². The molecular formula is C29H36ClN5O4. The van der Waals surface area contributed by atoms with Crippen LogP contribution in [0.1, 0.15) is 75.7 Å². The summed E-state index contributed by atoms with van der Waals surface area (Å²) in [5.74, 6) is -0.487. The van der Waals surface area contributed by atoms with E-state index in [0.29, 0.717) is 41.4 Å². The van der Waals surface area contributed by atoms with Gasteiger partial charge in [0.05, 0.1) is 18.7 Å². The molecule has 10 heteroatoms. The fourth-order valence-electron chi connectivity index (χ4n) is 6.86. The Morgan fingerprint density at radius 1 is 1.23 bits per heavy atom. The van der Waals surface area contributed by atoms with Crippen molar-refractivity contribution in [1.82, 2.24) is 20.5 Å². The third-order valence-electron chi connectivity index (χ3n) is 8.68. The molecule has 208 valence electrons. The van der Waals surface area contributed by atoms with Crippen LogP contribution < -0.4 is 15.4 Å². The van der Waals surface area contributed by atoms with Crippen LogP contribution in [-0.4, -0.2) is 58.9 Å². The molecular weight excluding hydrogens is 518 g/mol. The average molecular weight is 554 g/mol. The molecule has 1 spiro atoms. The summed E-state index contributed by atoms with van der Waals surface area (Å²) in [6, 6.07) is 5.83. The van der Waals surface area contributed by atoms with E-state index in [1.807, 2.05) is 13.8 Å². The summed E-state index contributed by atoms with van der Waals surface area (Å²) in [5, 5.41) is 16.9. The number of fused-ring (bicyclic) bond motifs is 1. The van der Waals surface area contributed by atoms with Gasteiger partial charge in [0.15, 0.2) is 0 Å². The van der Waals surface area contributed by atoms with Gasteiger partial charge < -0.3 is 25.3 Å². The predicted molar refractivity (Wildman–Crippen MR) is 147 cm³/mol. The van der Waals surface area contributed by atoms with Crippen LogP contribution >= 0.6 is 11.6 Å². The molecule has 1 aliphatic carbocycles. The second-order valence-corrected chi connectivity index (χ2v) is 12.6. The number of aromatic amines is 1. The number of nitrogens with one attached hydrogen (secondary N) is 3. The number of hydrogen-bond donors (Lipinski definition) is 3. The molecule has 9 nitrogen and oxygen atoms in total. The van der Waals surface area contributed by atoms with Gasteiger partial charge in [-0.2, -0.15) is 5.26 Å². The number of H-pyrrole nitrogens is 1. The van der Waals surface area contributed by atoms with Crippen molar-refractivity contribution in [3.63, 3.8) is 0 Å². The molecule has 1 aromatic carbocycles. The third-order valence-corrected chi connectivity index (χ3v) is 8.90. The predicted octanol–water partition coefficient (Wildman–Crippen LogP) is 4.31. The van der Waals surface area contributed by atoms with Crippen molar-refractivity contribution in [2.45, 2.75) is 82.8 Å². The fraction of sp³-hybridized carbons (Fsp3) is 0.586. The molecule has 3 aliphatic rings. The van der Waals surface area contributed by atoms with Crippen LogP contribution in [0.4, 0.5) is 0 Å². The molecule has 3 heterocycles. The molecule has 2 aromatic rings. The molecule has 3 amide bonds. The summed E-state index contributed by atoms with van der Waals surface area (Å²) < 4.78 is 5.45. The summed E-state index contributed by atoms with van der Waals surface area (Å²) in [5.41, 5.74) is 0.594. The maximum Gasteiger partial charge on any atom is 0.271 e. The molecule has 2 saturated heterocycles. The monoisotopic (exact) mass is 553 g/mol. The Bertz CT molecular complexity index is 1340. The largest absolute Gasteiger partial charge is 0.496 e. The van der Waals surface area contributed by atoms with Crippen LogP contribution in [0, 0.1) is 22.7 Å². The van der Waals surface area contributed by atoms with Crippen molar-refractivity contribution >= 4 is 40.2 Å². The molecule has 1 saturated carbocycles. The van der Waals surface area contributed by atoms with E-state index in [4.69, 9.17) is 16.3 Å². The van der Waals surface area contributed by atoms with Crippen LogP contribution in [-0.2, 0) is 9.59 Å². The van der Waals surface area contributed by atoms with E-state index < -0.39 is 12.1 Å². The van der Waals surface area contributed by atoms with Crippen LogP contribution in [0.5, 0.6) is 5.75 Å². The molecule has 5 rings (SSSR count). The van der Waals surface area contributed by atoms with E-state index in [0.717, 1.165) is 37.5 Å². The summed E-state index contributed by atoms with van der Waals surface area (Å²) in [6.07, 6.45) is 6.65. The van der Waals surface area contributed by atoms with E-state index in [2.05, 4.69) is 21.7 Å². The normalized spacial score (nSPS) is 24.4. The molecule has 0 bridgehead atoms. The second kappa shape index (κ2) is 10.4. The number of nitriles is 1. The fourth-order valence-corrected chi connectivity index (χ4v) is 7.07. The molecule has 3 fully saturated rings. The van der Waals surface area contributed by atoms with E-state index in [1.165, 1.54) is 0 Å². The van der Waals surface area contributed by atoms with E-state index in [9.17, 15) is 19.6 Å². The smallest absolute Gasteiger partial charge is 0.271 e. The lowest BCUT2D eigenvalue weighted by Gasteiger charge is -2.32. The number of carbonyl (C=O) groups excluding carboxylic acids is 3. The number of methoxy groups -OCH3 is 1. The zero-order valence-corrected chi connectivity index (χ0v) is 23.5. The molecule has 1 unspecified atom stereocenters. The quantitative estimate of drug-likeness (QED) is 0.491.